The van der Waals surface area contributed by atoms with Crippen molar-refractivity contribution in [2.24, 2.45) is 0 Å². The maximum atomic E-state index is 14.9. The predicted molar refractivity (Wildman–Crippen MR) is 173 cm³/mol. The van der Waals surface area contributed by atoms with Gasteiger partial charge in [0.25, 0.3) is 0 Å². The highest BCUT2D eigenvalue weighted by Gasteiger charge is 2.25. The van der Waals surface area contributed by atoms with Gasteiger partial charge in [0, 0.05) is 35.3 Å². The first-order chi connectivity index (χ1) is 21.3. The van der Waals surface area contributed by atoms with Crippen molar-refractivity contribution in [2.75, 3.05) is 7.05 Å². The number of halogens is 2. The van der Waals surface area contributed by atoms with Crippen molar-refractivity contribution in [3.8, 4) is 10.4 Å². The van der Waals surface area contributed by atoms with E-state index in [1.165, 1.54) is 35.7 Å². The number of ketones is 1. The van der Waals surface area contributed by atoms with Gasteiger partial charge in [-0.2, -0.15) is 0 Å². The number of fused-ring (bicyclic) bond motifs is 1. The molecule has 0 atom stereocenters. The molecule has 0 aliphatic rings. The van der Waals surface area contributed by atoms with E-state index in [1.54, 1.807) is 34.9 Å². The number of benzene rings is 4. The maximum Gasteiger partial charge on any atom is 0.201 e. The van der Waals surface area contributed by atoms with Gasteiger partial charge in [0.15, 0.2) is 5.78 Å². The average molecular weight is 605 g/mol. The second kappa shape index (κ2) is 12.5. The third kappa shape index (κ3) is 5.89. The smallest absolute Gasteiger partial charge is 0.201 e. The van der Waals surface area contributed by atoms with Crippen LogP contribution in [0.3, 0.4) is 0 Å². The number of rotatable bonds is 9. The molecular formula is C37H30F2N2O2S. The molecule has 2 heterocycles. The van der Waals surface area contributed by atoms with Gasteiger partial charge >= 0.3 is 0 Å². The molecule has 0 radical (unpaired) electrons. The average Bonchev–Trinajstić information content (AvgIpc) is 3.40. The first-order valence-electron chi connectivity index (χ1n) is 14.3. The van der Waals surface area contributed by atoms with Crippen LogP contribution in [0, 0.1) is 18.6 Å². The molecule has 0 fully saturated rings. The number of carbonyl (C=O) groups is 1. The Kier molecular flexibility index (Phi) is 8.33. The Morgan fingerprint density at radius 1 is 0.795 bits per heavy atom. The van der Waals surface area contributed by atoms with Crippen molar-refractivity contribution in [1.82, 2.24) is 9.47 Å². The monoisotopic (exact) mass is 604 g/mol. The van der Waals surface area contributed by atoms with Crippen LogP contribution in [0.15, 0.2) is 114 Å². The van der Waals surface area contributed by atoms with Crippen LogP contribution in [0.25, 0.3) is 20.7 Å². The topological polar surface area (TPSA) is 42.3 Å². The summed E-state index contributed by atoms with van der Waals surface area (Å²) in [6, 6.07) is 30.5. The zero-order valence-electron chi connectivity index (χ0n) is 24.4. The third-order valence-corrected chi connectivity index (χ3v) is 9.03. The fourth-order valence-corrected chi connectivity index (χ4v) is 6.77. The van der Waals surface area contributed by atoms with E-state index in [1.807, 2.05) is 56.4 Å². The van der Waals surface area contributed by atoms with E-state index in [0.717, 1.165) is 27.1 Å². The number of aryl methyl sites for hydroxylation is 1. The van der Waals surface area contributed by atoms with Crippen molar-refractivity contribution in [2.45, 2.75) is 26.6 Å². The van der Waals surface area contributed by atoms with Crippen LogP contribution >= 0.6 is 11.3 Å². The van der Waals surface area contributed by atoms with Crippen molar-refractivity contribution in [3.63, 3.8) is 0 Å². The Labute approximate surface area is 258 Å². The summed E-state index contributed by atoms with van der Waals surface area (Å²) in [7, 11) is 1.99. The Morgan fingerprint density at radius 3 is 2.09 bits per heavy atom. The fraction of sp³-hybridized carbons (Fsp3) is 0.135. The second-order valence-corrected chi connectivity index (χ2v) is 12.0. The van der Waals surface area contributed by atoms with Gasteiger partial charge in [-0.05, 0) is 42.8 Å². The first-order valence-corrected chi connectivity index (χ1v) is 15.1. The molecular weight excluding hydrogens is 574 g/mol. The van der Waals surface area contributed by atoms with Gasteiger partial charge in [-0.3, -0.25) is 14.5 Å². The molecule has 0 saturated carbocycles. The summed E-state index contributed by atoms with van der Waals surface area (Å²) in [5.74, 6) is -1.82. The van der Waals surface area contributed by atoms with Crippen LogP contribution in [0.1, 0.15) is 38.2 Å². The summed E-state index contributed by atoms with van der Waals surface area (Å²) in [6.07, 6.45) is 1.46. The van der Waals surface area contributed by atoms with Gasteiger partial charge in [-0.1, -0.05) is 96.6 Å². The van der Waals surface area contributed by atoms with E-state index in [9.17, 15) is 18.4 Å². The number of carbonyl (C=O) groups excluding carboxylic acids is 1. The highest BCUT2D eigenvalue weighted by molar-refractivity contribution is 7.22. The summed E-state index contributed by atoms with van der Waals surface area (Å²) in [5, 5.41) is 0.393. The van der Waals surface area contributed by atoms with Gasteiger partial charge in [0.1, 0.15) is 16.5 Å². The quantitative estimate of drug-likeness (QED) is 0.156. The molecule has 0 unspecified atom stereocenters. The summed E-state index contributed by atoms with van der Waals surface area (Å²) >= 11 is 1.40. The molecule has 7 heteroatoms. The van der Waals surface area contributed by atoms with Crippen LogP contribution in [0.2, 0.25) is 0 Å². The number of pyridine rings is 1. The normalized spacial score (nSPS) is 11.4. The van der Waals surface area contributed by atoms with Crippen LogP contribution in [0.5, 0.6) is 0 Å². The van der Waals surface area contributed by atoms with E-state index in [-0.39, 0.29) is 17.7 Å². The van der Waals surface area contributed by atoms with Crippen molar-refractivity contribution >= 4 is 27.3 Å². The molecule has 6 aromatic rings. The van der Waals surface area contributed by atoms with Gasteiger partial charge in [-0.15, -0.1) is 11.3 Å². The van der Waals surface area contributed by atoms with Gasteiger partial charge in [-0.25, -0.2) is 8.78 Å². The molecule has 6 rings (SSSR count). The lowest BCUT2D eigenvalue weighted by molar-refractivity contribution is 0.103. The number of aromatic nitrogens is 1. The molecule has 4 aromatic carbocycles. The minimum Gasteiger partial charge on any atom is -0.334 e. The molecule has 0 aliphatic carbocycles. The zero-order valence-corrected chi connectivity index (χ0v) is 25.2. The highest BCUT2D eigenvalue weighted by atomic mass is 32.1. The Hall–Kier alpha value is -4.72. The van der Waals surface area contributed by atoms with E-state index in [2.05, 4.69) is 17.0 Å². The third-order valence-electron chi connectivity index (χ3n) is 7.71. The number of nitrogens with zero attached hydrogens (tertiary/aromatic N) is 2. The van der Waals surface area contributed by atoms with Crippen LogP contribution in [-0.4, -0.2) is 22.3 Å². The Bertz CT molecular complexity index is 2000. The summed E-state index contributed by atoms with van der Waals surface area (Å²) in [5.41, 5.74) is 3.73. The first kappa shape index (κ1) is 29.4. The molecule has 0 bridgehead atoms. The Balaban J connectivity index is 1.60. The van der Waals surface area contributed by atoms with Crippen molar-refractivity contribution < 1.29 is 13.6 Å². The molecule has 4 nitrogen and oxygen atoms in total. The molecule has 0 saturated heterocycles. The minimum atomic E-state index is -0.689. The molecule has 0 amide bonds. The lowest BCUT2D eigenvalue weighted by Gasteiger charge is -2.18. The van der Waals surface area contributed by atoms with E-state index >= 15 is 0 Å². The molecule has 0 N–H and O–H groups in total. The standard InChI is InChI=1S/C37H30F2N2O2S/c1-24-16-18-27(19-17-24)36-29(21-40(2)20-25-10-5-3-6-11-25)33-35(43)30(34(42)26-12-7-4-8-13-26)23-41(37(33)44-36)22-28-31(38)14-9-15-32(28)39/h3-19,23H,20-22H2,1-2H3. The highest BCUT2D eigenvalue weighted by Crippen LogP contribution is 2.39. The molecule has 2 aromatic heterocycles. The van der Waals surface area contributed by atoms with Gasteiger partial charge in [0.05, 0.1) is 17.5 Å². The van der Waals surface area contributed by atoms with Crippen molar-refractivity contribution in [3.05, 3.63) is 165 Å². The van der Waals surface area contributed by atoms with E-state index < -0.39 is 22.8 Å². The largest absolute Gasteiger partial charge is 0.334 e. The van der Waals surface area contributed by atoms with E-state index in [0.29, 0.717) is 28.9 Å². The fourth-order valence-electron chi connectivity index (χ4n) is 5.48. The van der Waals surface area contributed by atoms with Crippen molar-refractivity contribution in [1.29, 1.82) is 0 Å². The molecule has 220 valence electrons. The second-order valence-electron chi connectivity index (χ2n) is 11.0. The van der Waals surface area contributed by atoms with Crippen LogP contribution < -0.4 is 5.43 Å². The van der Waals surface area contributed by atoms with E-state index in [4.69, 9.17) is 0 Å². The van der Waals surface area contributed by atoms with Crippen LogP contribution in [0.4, 0.5) is 8.78 Å². The lowest BCUT2D eigenvalue weighted by Crippen LogP contribution is -2.22. The predicted octanol–water partition coefficient (Wildman–Crippen LogP) is 8.23. The molecule has 0 spiro atoms. The number of hydrogen-bond acceptors (Lipinski definition) is 4. The SMILES string of the molecule is Cc1ccc(-c2sc3c(c2CN(C)Cc2ccccc2)c(=O)c(C(=O)c2ccccc2)cn3Cc2c(F)cccc2F)cc1. The minimum absolute atomic E-state index is 0.0410. The lowest BCUT2D eigenvalue weighted by atomic mass is 10.00. The summed E-state index contributed by atoms with van der Waals surface area (Å²) in [6.45, 7) is 2.89. The number of hydrogen-bond donors (Lipinski definition) is 0. The molecule has 44 heavy (non-hydrogen) atoms. The maximum absolute atomic E-state index is 14.9. The zero-order chi connectivity index (χ0) is 30.8. The number of thiophene rings is 1. The molecule has 0 aliphatic heterocycles. The Morgan fingerprint density at radius 2 is 1.43 bits per heavy atom. The summed E-state index contributed by atoms with van der Waals surface area (Å²) in [4.78, 5) is 31.7. The van der Waals surface area contributed by atoms with Crippen LogP contribution in [-0.2, 0) is 19.6 Å². The van der Waals surface area contributed by atoms with Gasteiger partial charge in [0.2, 0.25) is 5.43 Å². The summed E-state index contributed by atoms with van der Waals surface area (Å²) < 4.78 is 31.5. The van der Waals surface area contributed by atoms with Gasteiger partial charge < -0.3 is 4.57 Å².